The number of carbonyl (C=O) groups excluding carboxylic acids is 1. The number of aldehydes is 1. The summed E-state index contributed by atoms with van der Waals surface area (Å²) in [5.74, 6) is -0.488. The molecule has 0 unspecified atom stereocenters. The van der Waals surface area contributed by atoms with Crippen LogP contribution in [0.1, 0.15) is 15.9 Å². The fourth-order valence-corrected chi connectivity index (χ4v) is 1.24. The van der Waals surface area contributed by atoms with Gasteiger partial charge in [0.1, 0.15) is 0 Å². The topological polar surface area (TPSA) is 69.4 Å². The van der Waals surface area contributed by atoms with Gasteiger partial charge in [0.15, 0.2) is 6.29 Å². The van der Waals surface area contributed by atoms with Gasteiger partial charge in [-0.15, -0.1) is 0 Å². The van der Waals surface area contributed by atoms with Gasteiger partial charge in [-0.1, -0.05) is 0 Å². The second-order valence-electron chi connectivity index (χ2n) is 2.99. The number of rotatable bonds is 3. The molecule has 8 heteroatoms. The van der Waals surface area contributed by atoms with E-state index < -0.39 is 33.7 Å². The molecule has 0 saturated carbocycles. The molecule has 0 aromatic heterocycles. The van der Waals surface area contributed by atoms with E-state index in [4.69, 9.17) is 0 Å². The predicted molar refractivity (Wildman–Crippen MR) is 50.0 cm³/mol. The molecular weight excluding hydrogens is 243 g/mol. The number of nitro groups is 1. The van der Waals surface area contributed by atoms with Crippen LogP contribution < -0.4 is 4.74 Å². The van der Waals surface area contributed by atoms with E-state index in [0.29, 0.717) is 12.1 Å². The Morgan fingerprint density at radius 2 is 2.00 bits per heavy atom. The summed E-state index contributed by atoms with van der Waals surface area (Å²) in [6.07, 6.45) is -4.70. The zero-order chi connectivity index (χ0) is 13.2. The number of nitrogens with zero attached hydrogens (tertiary/aromatic N) is 1. The van der Waals surface area contributed by atoms with Crippen LogP contribution in [0.5, 0.6) is 5.75 Å². The van der Waals surface area contributed by atoms with Gasteiger partial charge in [-0.3, -0.25) is 14.9 Å². The molecular formula is C9H6F3NO4. The largest absolute Gasteiger partial charge is 0.490 e. The molecule has 0 N–H and O–H groups in total. The van der Waals surface area contributed by atoms with Crippen molar-refractivity contribution >= 4 is 12.0 Å². The first kappa shape index (κ1) is 12.9. The van der Waals surface area contributed by atoms with Gasteiger partial charge in [0.2, 0.25) is 5.75 Å². The number of hydrogen-bond donors (Lipinski definition) is 0. The average Bonchev–Trinajstić information content (AvgIpc) is 2.25. The summed E-state index contributed by atoms with van der Waals surface area (Å²) in [7, 11) is 1.03. The normalized spacial score (nSPS) is 11.1. The third-order valence-electron chi connectivity index (χ3n) is 1.95. The first-order valence-electron chi connectivity index (χ1n) is 4.20. The Morgan fingerprint density at radius 3 is 2.35 bits per heavy atom. The van der Waals surface area contributed by atoms with Crippen LogP contribution in [0, 0.1) is 10.1 Å². The van der Waals surface area contributed by atoms with E-state index in [1.54, 1.807) is 0 Å². The maximum Gasteiger partial charge on any atom is 0.416 e. The fraction of sp³-hybridized carbons (Fsp3) is 0.222. The second kappa shape index (κ2) is 4.40. The highest BCUT2D eigenvalue weighted by molar-refractivity contribution is 5.83. The van der Waals surface area contributed by atoms with Crippen molar-refractivity contribution < 1.29 is 27.6 Å². The summed E-state index contributed by atoms with van der Waals surface area (Å²) in [5.41, 5.74) is -2.69. The third kappa shape index (κ3) is 2.52. The number of ether oxygens (including phenoxy) is 1. The summed E-state index contributed by atoms with van der Waals surface area (Å²) in [6, 6.07) is 0.824. The molecule has 0 fully saturated rings. The first-order chi connectivity index (χ1) is 7.81. The Kier molecular flexibility index (Phi) is 3.35. The van der Waals surface area contributed by atoms with Crippen molar-refractivity contribution in [2.45, 2.75) is 6.18 Å². The van der Waals surface area contributed by atoms with Gasteiger partial charge in [-0.25, -0.2) is 0 Å². The van der Waals surface area contributed by atoms with Crippen LogP contribution in [0.25, 0.3) is 0 Å². The number of carbonyl (C=O) groups is 1. The summed E-state index contributed by atoms with van der Waals surface area (Å²) >= 11 is 0. The lowest BCUT2D eigenvalue weighted by Crippen LogP contribution is -2.08. The van der Waals surface area contributed by atoms with Crippen molar-refractivity contribution in [2.24, 2.45) is 0 Å². The van der Waals surface area contributed by atoms with E-state index in [1.807, 2.05) is 0 Å². The Balaban J connectivity index is 3.57. The number of methoxy groups -OCH3 is 1. The molecule has 0 atom stereocenters. The van der Waals surface area contributed by atoms with E-state index >= 15 is 0 Å². The lowest BCUT2D eigenvalue weighted by Gasteiger charge is -2.10. The third-order valence-corrected chi connectivity index (χ3v) is 1.95. The Bertz CT molecular complexity index is 470. The molecule has 0 aliphatic rings. The smallest absolute Gasteiger partial charge is 0.416 e. The van der Waals surface area contributed by atoms with Gasteiger partial charge < -0.3 is 4.74 Å². The summed E-state index contributed by atoms with van der Waals surface area (Å²) in [5, 5.41) is 10.6. The molecule has 17 heavy (non-hydrogen) atoms. The first-order valence-corrected chi connectivity index (χ1v) is 4.20. The molecule has 0 radical (unpaired) electrons. The number of alkyl halides is 3. The SMILES string of the molecule is COc1c(C=O)cc(C(F)(F)F)cc1[N+](=O)[O-]. The summed E-state index contributed by atoms with van der Waals surface area (Å²) < 4.78 is 41.8. The average molecular weight is 249 g/mol. The van der Waals surface area contributed by atoms with Crippen molar-refractivity contribution in [1.82, 2.24) is 0 Å². The van der Waals surface area contributed by atoms with E-state index in [2.05, 4.69) is 4.74 Å². The van der Waals surface area contributed by atoms with Gasteiger partial charge in [0, 0.05) is 6.07 Å². The standard InChI is InChI=1S/C9H6F3NO4/c1-17-8-5(4-14)2-6(9(10,11)12)3-7(8)13(15)16/h2-4H,1H3. The summed E-state index contributed by atoms with van der Waals surface area (Å²) in [6.45, 7) is 0. The van der Waals surface area contributed by atoms with E-state index in [-0.39, 0.29) is 6.29 Å². The van der Waals surface area contributed by atoms with Gasteiger partial charge in [-0.05, 0) is 6.07 Å². The highest BCUT2D eigenvalue weighted by Gasteiger charge is 2.34. The molecule has 5 nitrogen and oxygen atoms in total. The van der Waals surface area contributed by atoms with Gasteiger partial charge in [0.25, 0.3) is 0 Å². The molecule has 0 aliphatic carbocycles. The minimum absolute atomic E-state index is 0.0705. The Labute approximate surface area is 93.0 Å². The van der Waals surface area contributed by atoms with Crippen molar-refractivity contribution in [3.63, 3.8) is 0 Å². The van der Waals surface area contributed by atoms with Crippen LogP contribution in [0.2, 0.25) is 0 Å². The molecule has 0 spiro atoms. The van der Waals surface area contributed by atoms with Crippen LogP contribution in [0.4, 0.5) is 18.9 Å². The fourth-order valence-electron chi connectivity index (χ4n) is 1.24. The van der Waals surface area contributed by atoms with Crippen molar-refractivity contribution in [2.75, 3.05) is 7.11 Å². The van der Waals surface area contributed by atoms with E-state index in [0.717, 1.165) is 7.11 Å². The Hall–Kier alpha value is -2.12. The van der Waals surface area contributed by atoms with Crippen molar-refractivity contribution in [1.29, 1.82) is 0 Å². The number of halogens is 3. The molecule has 0 bridgehead atoms. The molecule has 1 aromatic carbocycles. The molecule has 1 rings (SSSR count). The minimum Gasteiger partial charge on any atom is -0.490 e. The lowest BCUT2D eigenvalue weighted by molar-refractivity contribution is -0.386. The lowest BCUT2D eigenvalue weighted by atomic mass is 10.1. The van der Waals surface area contributed by atoms with Gasteiger partial charge >= 0.3 is 11.9 Å². The molecule has 92 valence electrons. The van der Waals surface area contributed by atoms with Crippen LogP contribution in [0.15, 0.2) is 12.1 Å². The zero-order valence-electron chi connectivity index (χ0n) is 8.45. The molecule has 0 amide bonds. The minimum atomic E-state index is -4.77. The van der Waals surface area contributed by atoms with E-state index in [9.17, 15) is 28.1 Å². The quantitative estimate of drug-likeness (QED) is 0.468. The zero-order valence-corrected chi connectivity index (χ0v) is 8.45. The molecule has 0 heterocycles. The maximum absolute atomic E-state index is 12.4. The van der Waals surface area contributed by atoms with Crippen LogP contribution in [-0.2, 0) is 6.18 Å². The van der Waals surface area contributed by atoms with Crippen LogP contribution >= 0.6 is 0 Å². The Morgan fingerprint density at radius 1 is 1.41 bits per heavy atom. The monoisotopic (exact) mass is 249 g/mol. The number of nitro benzene ring substituents is 1. The van der Waals surface area contributed by atoms with E-state index in [1.165, 1.54) is 0 Å². The van der Waals surface area contributed by atoms with Crippen LogP contribution in [0.3, 0.4) is 0 Å². The molecule has 1 aromatic rings. The second-order valence-corrected chi connectivity index (χ2v) is 2.99. The van der Waals surface area contributed by atoms with Crippen molar-refractivity contribution in [3.05, 3.63) is 33.4 Å². The van der Waals surface area contributed by atoms with Gasteiger partial charge in [0.05, 0.1) is 23.2 Å². The van der Waals surface area contributed by atoms with Crippen LogP contribution in [-0.4, -0.2) is 18.3 Å². The summed E-state index contributed by atoms with van der Waals surface area (Å²) in [4.78, 5) is 20.1. The predicted octanol–water partition coefficient (Wildman–Crippen LogP) is 2.43. The number of hydrogen-bond acceptors (Lipinski definition) is 4. The molecule has 0 aliphatic heterocycles. The van der Waals surface area contributed by atoms with Crippen molar-refractivity contribution in [3.8, 4) is 5.75 Å². The highest BCUT2D eigenvalue weighted by Crippen LogP contribution is 2.38. The highest BCUT2D eigenvalue weighted by atomic mass is 19.4. The molecule has 0 saturated heterocycles. The maximum atomic E-state index is 12.4. The van der Waals surface area contributed by atoms with Gasteiger partial charge in [-0.2, -0.15) is 13.2 Å². The number of benzene rings is 1.